The fourth-order valence-corrected chi connectivity index (χ4v) is 7.39. The molecular formula is C28H26N4S2. The van der Waals surface area contributed by atoms with E-state index in [1.807, 2.05) is 22.7 Å². The molecule has 5 heterocycles. The largest absolute Gasteiger partial charge is 0.338 e. The zero-order chi connectivity index (χ0) is 22.8. The van der Waals surface area contributed by atoms with Gasteiger partial charge in [-0.1, -0.05) is 38.8 Å². The fraction of sp³-hybridized carbons (Fsp3) is 0.286. The third-order valence-electron chi connectivity index (χ3n) is 7.08. The molecule has 5 aromatic heterocycles. The van der Waals surface area contributed by atoms with E-state index in [-0.39, 0.29) is 0 Å². The van der Waals surface area contributed by atoms with Crippen molar-refractivity contribution < 1.29 is 0 Å². The van der Waals surface area contributed by atoms with Crippen molar-refractivity contribution in [1.29, 1.82) is 0 Å². The number of unbranched alkanes of at least 4 members (excludes halogenated alkanes) is 2. The van der Waals surface area contributed by atoms with Gasteiger partial charge in [-0.25, -0.2) is 9.97 Å². The van der Waals surface area contributed by atoms with E-state index in [0.29, 0.717) is 0 Å². The molecule has 7 aromatic rings. The Bertz CT molecular complexity index is 1710. The molecule has 6 heteroatoms. The maximum atomic E-state index is 5.27. The Kier molecular flexibility index (Phi) is 4.68. The van der Waals surface area contributed by atoms with E-state index in [4.69, 9.17) is 9.97 Å². The SMILES string of the molecule is CCCCn1c2ccsc2c2c3nc4ccccc4nc3c3c4sccc4n(CCCC)c3c21. The molecule has 0 amide bonds. The Morgan fingerprint density at radius 2 is 1.15 bits per heavy atom. The summed E-state index contributed by atoms with van der Waals surface area (Å²) in [5.74, 6) is 0. The highest BCUT2D eigenvalue weighted by molar-refractivity contribution is 7.19. The van der Waals surface area contributed by atoms with Crippen molar-refractivity contribution in [3.05, 3.63) is 47.2 Å². The maximum absolute atomic E-state index is 5.27. The Balaban J connectivity index is 1.80. The third-order valence-corrected chi connectivity index (χ3v) is 8.92. The van der Waals surface area contributed by atoms with Crippen LogP contribution in [0.2, 0.25) is 0 Å². The molecule has 0 N–H and O–H groups in total. The monoisotopic (exact) mass is 482 g/mol. The molecule has 0 fully saturated rings. The highest BCUT2D eigenvalue weighted by Crippen LogP contribution is 2.46. The van der Waals surface area contributed by atoms with Gasteiger partial charge >= 0.3 is 0 Å². The number of benzene rings is 2. The molecular weight excluding hydrogens is 456 g/mol. The van der Waals surface area contributed by atoms with E-state index in [9.17, 15) is 0 Å². The van der Waals surface area contributed by atoms with Crippen LogP contribution in [0, 0.1) is 0 Å². The van der Waals surface area contributed by atoms with Crippen LogP contribution in [0.4, 0.5) is 0 Å². The van der Waals surface area contributed by atoms with Gasteiger partial charge < -0.3 is 9.13 Å². The highest BCUT2D eigenvalue weighted by Gasteiger charge is 2.25. The van der Waals surface area contributed by atoms with Gasteiger partial charge in [0.1, 0.15) is 11.0 Å². The molecule has 0 saturated carbocycles. The number of para-hydroxylation sites is 2. The summed E-state index contributed by atoms with van der Waals surface area (Å²) in [5, 5.41) is 7.02. The zero-order valence-electron chi connectivity index (χ0n) is 19.5. The van der Waals surface area contributed by atoms with Crippen LogP contribution in [0.5, 0.6) is 0 Å². The van der Waals surface area contributed by atoms with E-state index in [1.165, 1.54) is 67.9 Å². The smallest absolute Gasteiger partial charge is 0.101 e. The lowest BCUT2D eigenvalue weighted by Gasteiger charge is -2.13. The average molecular weight is 483 g/mol. The number of thiophene rings is 2. The first-order valence-electron chi connectivity index (χ1n) is 12.3. The number of aryl methyl sites for hydroxylation is 2. The van der Waals surface area contributed by atoms with E-state index < -0.39 is 0 Å². The van der Waals surface area contributed by atoms with Gasteiger partial charge in [0.25, 0.3) is 0 Å². The summed E-state index contributed by atoms with van der Waals surface area (Å²) >= 11 is 3.67. The van der Waals surface area contributed by atoms with Crippen LogP contribution in [-0.4, -0.2) is 19.1 Å². The number of hydrogen-bond acceptors (Lipinski definition) is 4. The summed E-state index contributed by atoms with van der Waals surface area (Å²) in [6.45, 7) is 6.61. The van der Waals surface area contributed by atoms with Crippen molar-refractivity contribution in [2.75, 3.05) is 0 Å². The number of nitrogens with zero attached hydrogens (tertiary/aromatic N) is 4. The number of hydrogen-bond donors (Lipinski definition) is 0. The summed E-state index contributed by atoms with van der Waals surface area (Å²) in [6, 6.07) is 12.9. The fourth-order valence-electron chi connectivity index (χ4n) is 5.51. The van der Waals surface area contributed by atoms with Crippen molar-refractivity contribution in [1.82, 2.24) is 19.1 Å². The lowest BCUT2D eigenvalue weighted by molar-refractivity contribution is 0.655. The highest BCUT2D eigenvalue weighted by atomic mass is 32.1. The van der Waals surface area contributed by atoms with Crippen LogP contribution in [0.3, 0.4) is 0 Å². The normalized spacial score (nSPS) is 12.5. The molecule has 0 aliphatic carbocycles. The molecule has 0 aliphatic heterocycles. The van der Waals surface area contributed by atoms with Crippen LogP contribution in [-0.2, 0) is 13.1 Å². The molecule has 7 rings (SSSR count). The van der Waals surface area contributed by atoms with Gasteiger partial charge in [0.05, 0.1) is 42.5 Å². The Morgan fingerprint density at radius 1 is 0.676 bits per heavy atom. The number of fused-ring (bicyclic) bond motifs is 11. The first-order valence-corrected chi connectivity index (χ1v) is 14.0. The predicted octanol–water partition coefficient (Wildman–Crippen LogP) is 8.72. The molecule has 0 atom stereocenters. The molecule has 0 spiro atoms. The minimum atomic E-state index is 0.967. The summed E-state index contributed by atoms with van der Waals surface area (Å²) in [4.78, 5) is 10.5. The molecule has 0 aliphatic rings. The molecule has 0 unspecified atom stereocenters. The van der Waals surface area contributed by atoms with Gasteiger partial charge in [-0.3, -0.25) is 0 Å². The third kappa shape index (κ3) is 2.70. The lowest BCUT2D eigenvalue weighted by atomic mass is 10.1. The van der Waals surface area contributed by atoms with E-state index in [2.05, 4.69) is 70.1 Å². The molecule has 0 saturated heterocycles. The lowest BCUT2D eigenvalue weighted by Crippen LogP contribution is -2.02. The zero-order valence-corrected chi connectivity index (χ0v) is 21.1. The summed E-state index contributed by atoms with van der Waals surface area (Å²) < 4.78 is 7.84. The van der Waals surface area contributed by atoms with Gasteiger partial charge in [-0.15, -0.1) is 22.7 Å². The van der Waals surface area contributed by atoms with Gasteiger partial charge in [0.15, 0.2) is 0 Å². The van der Waals surface area contributed by atoms with Gasteiger partial charge in [0, 0.05) is 23.9 Å². The Hall–Kier alpha value is -2.96. The standard InChI is InChI=1S/C28H26N4S2/c1-3-5-13-31-19-11-15-33-27(19)21-23-24(30-18-10-8-7-9-17(18)29-23)22-26(25(21)31)32(14-6-4-2)20-12-16-34-28(20)22/h7-12,15-16H,3-6,13-14H2,1-2H3. The van der Waals surface area contributed by atoms with E-state index in [1.54, 1.807) is 0 Å². The summed E-state index contributed by atoms with van der Waals surface area (Å²) in [6.07, 6.45) is 4.69. The van der Waals surface area contributed by atoms with Crippen molar-refractivity contribution in [3.63, 3.8) is 0 Å². The van der Waals surface area contributed by atoms with Crippen LogP contribution < -0.4 is 0 Å². The maximum Gasteiger partial charge on any atom is 0.101 e. The van der Waals surface area contributed by atoms with Crippen molar-refractivity contribution in [2.24, 2.45) is 0 Å². The van der Waals surface area contributed by atoms with Crippen LogP contribution in [0.25, 0.3) is 64.3 Å². The van der Waals surface area contributed by atoms with Crippen LogP contribution >= 0.6 is 22.7 Å². The quantitative estimate of drug-likeness (QED) is 0.222. The molecule has 0 radical (unpaired) electrons. The molecule has 4 nitrogen and oxygen atoms in total. The minimum Gasteiger partial charge on any atom is -0.338 e. The first kappa shape index (κ1) is 20.4. The summed E-state index contributed by atoms with van der Waals surface area (Å²) in [5.41, 5.74) is 9.40. The molecule has 170 valence electrons. The molecule has 34 heavy (non-hydrogen) atoms. The second-order valence-corrected chi connectivity index (χ2v) is 11.0. The van der Waals surface area contributed by atoms with Crippen molar-refractivity contribution in [3.8, 4) is 0 Å². The van der Waals surface area contributed by atoms with Crippen molar-refractivity contribution >= 4 is 87.0 Å². The van der Waals surface area contributed by atoms with Crippen LogP contribution in [0.1, 0.15) is 39.5 Å². The van der Waals surface area contributed by atoms with Crippen LogP contribution in [0.15, 0.2) is 47.2 Å². The van der Waals surface area contributed by atoms with Crippen molar-refractivity contribution in [2.45, 2.75) is 52.6 Å². The van der Waals surface area contributed by atoms with Gasteiger partial charge in [-0.05, 0) is 47.9 Å². The number of aromatic nitrogens is 4. The Morgan fingerprint density at radius 3 is 1.59 bits per heavy atom. The Labute approximate surface area is 205 Å². The second kappa shape index (κ2) is 7.79. The molecule has 0 bridgehead atoms. The van der Waals surface area contributed by atoms with Gasteiger partial charge in [0.2, 0.25) is 0 Å². The van der Waals surface area contributed by atoms with Gasteiger partial charge in [-0.2, -0.15) is 0 Å². The molecule has 2 aromatic carbocycles. The minimum absolute atomic E-state index is 0.967. The average Bonchev–Trinajstić information content (AvgIpc) is 3.62. The summed E-state index contributed by atoms with van der Waals surface area (Å²) in [7, 11) is 0. The van der Waals surface area contributed by atoms with E-state index >= 15 is 0 Å². The number of rotatable bonds is 6. The second-order valence-electron chi connectivity index (χ2n) is 9.14. The topological polar surface area (TPSA) is 35.6 Å². The first-order chi connectivity index (χ1) is 16.8. The predicted molar refractivity (Wildman–Crippen MR) is 149 cm³/mol. The van der Waals surface area contributed by atoms with E-state index in [0.717, 1.165) is 35.2 Å².